The Balaban J connectivity index is 2.16. The van der Waals surface area contributed by atoms with Gasteiger partial charge in [0.25, 0.3) is 0 Å². The number of hydrogen-bond acceptors (Lipinski definition) is 1. The van der Waals surface area contributed by atoms with Crippen LogP contribution in [0.1, 0.15) is 19.8 Å². The van der Waals surface area contributed by atoms with E-state index in [1.807, 2.05) is 11.0 Å². The van der Waals surface area contributed by atoms with Crippen molar-refractivity contribution in [3.63, 3.8) is 0 Å². The second-order valence-electron chi connectivity index (χ2n) is 2.52. The SMILES string of the molecule is CCC/C=C/C(=O)N1CC1. The number of rotatable bonds is 3. The second-order valence-corrected chi connectivity index (χ2v) is 2.52. The first-order valence-corrected chi connectivity index (χ1v) is 3.80. The van der Waals surface area contributed by atoms with Gasteiger partial charge in [0.15, 0.2) is 0 Å². The molecule has 1 saturated heterocycles. The summed E-state index contributed by atoms with van der Waals surface area (Å²) in [6.45, 7) is 4.01. The molecule has 0 spiro atoms. The quantitative estimate of drug-likeness (QED) is 0.424. The molecule has 1 amide bonds. The maximum Gasteiger partial charge on any atom is 0.246 e. The summed E-state index contributed by atoms with van der Waals surface area (Å²) in [5.41, 5.74) is 0. The summed E-state index contributed by atoms with van der Waals surface area (Å²) >= 11 is 0. The molecule has 1 fully saturated rings. The Labute approximate surface area is 61.5 Å². The molecule has 0 radical (unpaired) electrons. The van der Waals surface area contributed by atoms with Crippen LogP contribution in [0.4, 0.5) is 0 Å². The predicted molar refractivity (Wildman–Crippen MR) is 40.6 cm³/mol. The molecule has 0 saturated carbocycles. The largest absolute Gasteiger partial charge is 0.336 e. The summed E-state index contributed by atoms with van der Waals surface area (Å²) in [4.78, 5) is 12.7. The molecule has 1 heterocycles. The van der Waals surface area contributed by atoms with Crippen molar-refractivity contribution in [3.8, 4) is 0 Å². The Kier molecular flexibility index (Phi) is 2.49. The lowest BCUT2D eigenvalue weighted by atomic mass is 10.3. The lowest BCUT2D eigenvalue weighted by Crippen LogP contribution is -2.05. The van der Waals surface area contributed by atoms with E-state index >= 15 is 0 Å². The van der Waals surface area contributed by atoms with E-state index in [0.29, 0.717) is 0 Å². The summed E-state index contributed by atoms with van der Waals surface area (Å²) in [6.07, 6.45) is 5.75. The highest BCUT2D eigenvalue weighted by molar-refractivity contribution is 5.89. The summed E-state index contributed by atoms with van der Waals surface area (Å²) in [6, 6.07) is 0. The van der Waals surface area contributed by atoms with E-state index in [0.717, 1.165) is 25.9 Å². The van der Waals surface area contributed by atoms with E-state index in [4.69, 9.17) is 0 Å². The minimum atomic E-state index is 0.174. The normalized spacial score (nSPS) is 16.3. The third kappa shape index (κ3) is 2.21. The van der Waals surface area contributed by atoms with Crippen molar-refractivity contribution in [3.05, 3.63) is 12.2 Å². The molecule has 1 rings (SSSR count). The molecule has 0 aliphatic carbocycles. The predicted octanol–water partition coefficient (Wildman–Crippen LogP) is 1.18. The van der Waals surface area contributed by atoms with Gasteiger partial charge < -0.3 is 4.90 Å². The van der Waals surface area contributed by atoms with Crippen molar-refractivity contribution in [2.45, 2.75) is 19.8 Å². The number of amides is 1. The van der Waals surface area contributed by atoms with Crippen molar-refractivity contribution in [1.82, 2.24) is 4.90 Å². The summed E-state index contributed by atoms with van der Waals surface area (Å²) < 4.78 is 0. The first kappa shape index (κ1) is 7.32. The average Bonchev–Trinajstić information content (AvgIpc) is 2.69. The van der Waals surface area contributed by atoms with Gasteiger partial charge in [0, 0.05) is 13.1 Å². The Hall–Kier alpha value is -0.790. The van der Waals surface area contributed by atoms with Gasteiger partial charge >= 0.3 is 0 Å². The fraction of sp³-hybridized carbons (Fsp3) is 0.625. The first-order valence-electron chi connectivity index (χ1n) is 3.80. The molecule has 0 bridgehead atoms. The zero-order valence-corrected chi connectivity index (χ0v) is 6.34. The van der Waals surface area contributed by atoms with E-state index in [1.165, 1.54) is 0 Å². The molecule has 1 aliphatic rings. The first-order chi connectivity index (χ1) is 4.84. The molecule has 1 aliphatic heterocycles. The van der Waals surface area contributed by atoms with E-state index < -0.39 is 0 Å². The highest BCUT2D eigenvalue weighted by atomic mass is 16.2. The number of carbonyl (C=O) groups is 1. The van der Waals surface area contributed by atoms with Crippen molar-refractivity contribution in [2.24, 2.45) is 0 Å². The molecule has 0 aromatic heterocycles. The van der Waals surface area contributed by atoms with Gasteiger partial charge in [0.05, 0.1) is 0 Å². The topological polar surface area (TPSA) is 20.1 Å². The second kappa shape index (κ2) is 3.40. The average molecular weight is 139 g/mol. The van der Waals surface area contributed by atoms with Crippen LogP contribution < -0.4 is 0 Å². The van der Waals surface area contributed by atoms with Crippen molar-refractivity contribution >= 4 is 5.91 Å². The summed E-state index contributed by atoms with van der Waals surface area (Å²) in [5.74, 6) is 0.174. The van der Waals surface area contributed by atoms with Gasteiger partial charge in [0.1, 0.15) is 0 Å². The Morgan fingerprint density at radius 1 is 1.60 bits per heavy atom. The van der Waals surface area contributed by atoms with Crippen molar-refractivity contribution in [1.29, 1.82) is 0 Å². The number of carbonyl (C=O) groups excluding carboxylic acids is 1. The standard InChI is InChI=1S/C8H13NO/c1-2-3-4-5-8(10)9-6-7-9/h4-5H,2-3,6-7H2,1H3/b5-4+. The Morgan fingerprint density at radius 3 is 2.80 bits per heavy atom. The van der Waals surface area contributed by atoms with Gasteiger partial charge in [-0.2, -0.15) is 0 Å². The van der Waals surface area contributed by atoms with Crippen molar-refractivity contribution < 1.29 is 4.79 Å². The van der Waals surface area contributed by atoms with E-state index in [2.05, 4.69) is 6.92 Å². The third-order valence-corrected chi connectivity index (χ3v) is 1.47. The van der Waals surface area contributed by atoms with Gasteiger partial charge in [0.2, 0.25) is 5.91 Å². The highest BCUT2D eigenvalue weighted by Gasteiger charge is 2.20. The zero-order valence-electron chi connectivity index (χ0n) is 6.34. The number of allylic oxidation sites excluding steroid dienone is 1. The van der Waals surface area contributed by atoms with Crippen LogP contribution in [0, 0.1) is 0 Å². The summed E-state index contributed by atoms with van der Waals surface area (Å²) in [7, 11) is 0. The van der Waals surface area contributed by atoms with Crippen LogP contribution in [0.2, 0.25) is 0 Å². The van der Waals surface area contributed by atoms with Gasteiger partial charge in [-0.1, -0.05) is 19.4 Å². The van der Waals surface area contributed by atoms with Crippen LogP contribution in [-0.4, -0.2) is 23.9 Å². The molecule has 0 aromatic rings. The third-order valence-electron chi connectivity index (χ3n) is 1.47. The maximum atomic E-state index is 10.9. The van der Waals surface area contributed by atoms with Crippen LogP contribution in [0.3, 0.4) is 0 Å². The Bertz CT molecular complexity index is 147. The number of nitrogens with zero attached hydrogens (tertiary/aromatic N) is 1. The van der Waals surface area contributed by atoms with E-state index in [-0.39, 0.29) is 5.91 Å². The van der Waals surface area contributed by atoms with Crippen LogP contribution in [0.25, 0.3) is 0 Å². The highest BCUT2D eigenvalue weighted by Crippen LogP contribution is 2.04. The van der Waals surface area contributed by atoms with E-state index in [9.17, 15) is 4.79 Å². The number of unbranched alkanes of at least 4 members (excludes halogenated alkanes) is 1. The van der Waals surface area contributed by atoms with Gasteiger partial charge in [-0.15, -0.1) is 0 Å². The molecule has 0 unspecified atom stereocenters. The molecular formula is C8H13NO. The molecule has 0 aromatic carbocycles. The van der Waals surface area contributed by atoms with Crippen LogP contribution >= 0.6 is 0 Å². The lowest BCUT2D eigenvalue weighted by molar-refractivity contribution is -0.120. The summed E-state index contributed by atoms with van der Waals surface area (Å²) in [5, 5.41) is 0. The monoisotopic (exact) mass is 139 g/mol. The molecule has 10 heavy (non-hydrogen) atoms. The maximum absolute atomic E-state index is 10.9. The molecule has 2 nitrogen and oxygen atoms in total. The lowest BCUT2D eigenvalue weighted by Gasteiger charge is -1.91. The van der Waals surface area contributed by atoms with Crippen molar-refractivity contribution in [2.75, 3.05) is 13.1 Å². The van der Waals surface area contributed by atoms with Gasteiger partial charge in [-0.05, 0) is 12.5 Å². The molecule has 0 atom stereocenters. The molecule has 56 valence electrons. The molecule has 2 heteroatoms. The number of hydrogen-bond donors (Lipinski definition) is 0. The van der Waals surface area contributed by atoms with Crippen LogP contribution in [-0.2, 0) is 4.79 Å². The van der Waals surface area contributed by atoms with Gasteiger partial charge in [-0.3, -0.25) is 4.79 Å². The van der Waals surface area contributed by atoms with Crippen LogP contribution in [0.5, 0.6) is 0 Å². The fourth-order valence-corrected chi connectivity index (χ4v) is 0.727. The molecule has 0 N–H and O–H groups in total. The smallest absolute Gasteiger partial charge is 0.246 e. The minimum absolute atomic E-state index is 0.174. The molecular weight excluding hydrogens is 126 g/mol. The van der Waals surface area contributed by atoms with Crippen LogP contribution in [0.15, 0.2) is 12.2 Å². The van der Waals surface area contributed by atoms with E-state index in [1.54, 1.807) is 6.08 Å². The zero-order chi connectivity index (χ0) is 7.40. The minimum Gasteiger partial charge on any atom is -0.336 e. The fourth-order valence-electron chi connectivity index (χ4n) is 0.727. The Morgan fingerprint density at radius 2 is 2.30 bits per heavy atom. The van der Waals surface area contributed by atoms with Gasteiger partial charge in [-0.25, -0.2) is 0 Å².